The molecule has 0 aliphatic rings. The minimum absolute atomic E-state index is 0.0347. The first-order chi connectivity index (χ1) is 16.4. The summed E-state index contributed by atoms with van der Waals surface area (Å²) in [4.78, 5) is 60.2. The second kappa shape index (κ2) is 14.8. The normalized spacial score (nSPS) is 14.1. The molecule has 0 radical (unpaired) electrons. The third kappa shape index (κ3) is 11.1. The second-order valence-corrected chi connectivity index (χ2v) is 8.94. The molecule has 0 spiro atoms. The second-order valence-electron chi connectivity index (χ2n) is 7.95. The van der Waals surface area contributed by atoms with Crippen molar-refractivity contribution in [2.45, 2.75) is 56.8 Å². The van der Waals surface area contributed by atoms with Crippen LogP contribution in [-0.2, 0) is 30.4 Å². The third-order valence-corrected chi connectivity index (χ3v) is 5.67. The average Bonchev–Trinajstić information content (AvgIpc) is 2.80. The van der Waals surface area contributed by atoms with Crippen LogP contribution in [0.5, 0.6) is 5.75 Å². The number of carboxylic acids is 1. The van der Waals surface area contributed by atoms with Gasteiger partial charge in [0.15, 0.2) is 0 Å². The van der Waals surface area contributed by atoms with Gasteiger partial charge < -0.3 is 37.6 Å². The van der Waals surface area contributed by atoms with E-state index in [1.54, 1.807) is 12.1 Å². The highest BCUT2D eigenvalue weighted by Gasteiger charge is 2.28. The number of hydrogen-bond donors (Lipinski definition) is 7. The van der Waals surface area contributed by atoms with Crippen molar-refractivity contribution < 1.29 is 34.2 Å². The van der Waals surface area contributed by atoms with Crippen LogP contribution in [-0.4, -0.2) is 76.0 Å². The fourth-order valence-corrected chi connectivity index (χ4v) is 3.44. The lowest BCUT2D eigenvalue weighted by Crippen LogP contribution is -2.57. The van der Waals surface area contributed by atoms with Crippen LogP contribution in [0.1, 0.15) is 31.7 Å². The molecule has 4 atom stereocenters. The summed E-state index contributed by atoms with van der Waals surface area (Å²) in [6.07, 6.45) is 1.89. The van der Waals surface area contributed by atoms with Crippen LogP contribution >= 0.6 is 11.8 Å². The number of amides is 4. The zero-order chi connectivity index (χ0) is 26.5. The quantitative estimate of drug-likeness (QED) is 0.151. The van der Waals surface area contributed by atoms with E-state index in [9.17, 15) is 34.2 Å². The molecule has 12 nitrogen and oxygen atoms in total. The molecule has 9 N–H and O–H groups in total. The molecule has 0 aliphatic carbocycles. The number of carbonyl (C=O) groups excluding carboxylic acids is 4. The van der Waals surface area contributed by atoms with Gasteiger partial charge in [-0.2, -0.15) is 11.8 Å². The van der Waals surface area contributed by atoms with Gasteiger partial charge in [0.25, 0.3) is 0 Å². The Morgan fingerprint density at radius 3 is 2.09 bits per heavy atom. The Kier molecular flexibility index (Phi) is 12.6. The molecule has 1 aromatic carbocycles. The van der Waals surface area contributed by atoms with Gasteiger partial charge in [0.1, 0.15) is 23.9 Å². The SMILES string of the molecule is CSCCC(N)C(=O)NC(Cc1ccc(O)cc1)C(=O)NC(C)C(=O)NC(CCC(N)=O)C(=O)O. The van der Waals surface area contributed by atoms with Crippen molar-refractivity contribution in [2.75, 3.05) is 12.0 Å². The highest BCUT2D eigenvalue weighted by atomic mass is 32.2. The molecule has 1 aromatic rings. The molecular weight excluding hydrogens is 478 g/mol. The van der Waals surface area contributed by atoms with Gasteiger partial charge >= 0.3 is 5.97 Å². The number of carbonyl (C=O) groups is 5. The number of aromatic hydroxyl groups is 1. The van der Waals surface area contributed by atoms with E-state index in [-0.39, 0.29) is 25.0 Å². The van der Waals surface area contributed by atoms with Crippen LogP contribution < -0.4 is 27.4 Å². The van der Waals surface area contributed by atoms with Gasteiger partial charge in [-0.25, -0.2) is 4.79 Å². The van der Waals surface area contributed by atoms with E-state index in [4.69, 9.17) is 11.5 Å². The van der Waals surface area contributed by atoms with Crippen molar-refractivity contribution in [2.24, 2.45) is 11.5 Å². The first-order valence-electron chi connectivity index (χ1n) is 10.9. The summed E-state index contributed by atoms with van der Waals surface area (Å²) < 4.78 is 0. The molecule has 0 aromatic heterocycles. The number of aliphatic carboxylic acids is 1. The molecule has 4 unspecified atom stereocenters. The number of nitrogens with two attached hydrogens (primary N) is 2. The first kappa shape index (κ1) is 29.7. The van der Waals surface area contributed by atoms with Crippen molar-refractivity contribution in [3.05, 3.63) is 29.8 Å². The fourth-order valence-electron chi connectivity index (χ4n) is 2.95. The van der Waals surface area contributed by atoms with Crippen LogP contribution in [0.4, 0.5) is 0 Å². The van der Waals surface area contributed by atoms with Crippen LogP contribution in [0.2, 0.25) is 0 Å². The van der Waals surface area contributed by atoms with Crippen LogP contribution in [0.3, 0.4) is 0 Å². The van der Waals surface area contributed by atoms with E-state index >= 15 is 0 Å². The number of rotatable bonds is 15. The molecule has 0 aliphatic heterocycles. The summed E-state index contributed by atoms with van der Waals surface area (Å²) in [5.74, 6) is -3.39. The molecule has 0 saturated carbocycles. The summed E-state index contributed by atoms with van der Waals surface area (Å²) in [5, 5.41) is 26.0. The zero-order valence-corrected chi connectivity index (χ0v) is 20.5. The Balaban J connectivity index is 2.90. The summed E-state index contributed by atoms with van der Waals surface area (Å²) >= 11 is 1.52. The van der Waals surface area contributed by atoms with E-state index in [1.807, 2.05) is 6.26 Å². The van der Waals surface area contributed by atoms with Gasteiger partial charge in [0.05, 0.1) is 6.04 Å². The van der Waals surface area contributed by atoms with Gasteiger partial charge in [0, 0.05) is 12.8 Å². The molecule has 0 saturated heterocycles. The van der Waals surface area contributed by atoms with E-state index in [0.29, 0.717) is 17.7 Å². The van der Waals surface area contributed by atoms with E-state index in [2.05, 4.69) is 16.0 Å². The van der Waals surface area contributed by atoms with Crippen LogP contribution in [0.15, 0.2) is 24.3 Å². The Morgan fingerprint density at radius 1 is 0.943 bits per heavy atom. The fraction of sp³-hybridized carbons (Fsp3) is 0.500. The summed E-state index contributed by atoms with van der Waals surface area (Å²) in [7, 11) is 0. The maximum atomic E-state index is 13.0. The molecular formula is C22H33N5O7S. The molecule has 4 amide bonds. The lowest BCUT2D eigenvalue weighted by Gasteiger charge is -2.23. The average molecular weight is 512 g/mol. The first-order valence-corrected chi connectivity index (χ1v) is 12.3. The minimum atomic E-state index is -1.36. The zero-order valence-electron chi connectivity index (χ0n) is 19.7. The summed E-state index contributed by atoms with van der Waals surface area (Å²) in [6, 6.07) is 1.60. The van der Waals surface area contributed by atoms with Gasteiger partial charge in [-0.3, -0.25) is 19.2 Å². The Morgan fingerprint density at radius 2 is 1.54 bits per heavy atom. The predicted octanol–water partition coefficient (Wildman–Crippen LogP) is -1.16. The van der Waals surface area contributed by atoms with E-state index in [1.165, 1.54) is 30.8 Å². The number of benzene rings is 1. The number of nitrogens with one attached hydrogen (secondary N) is 3. The topological polar surface area (TPSA) is 214 Å². The Hall–Kier alpha value is -3.32. The number of phenolic OH excluding ortho intramolecular Hbond substituents is 1. The smallest absolute Gasteiger partial charge is 0.326 e. The van der Waals surface area contributed by atoms with Crippen molar-refractivity contribution in [1.82, 2.24) is 16.0 Å². The lowest BCUT2D eigenvalue weighted by molar-refractivity contribution is -0.142. The summed E-state index contributed by atoms with van der Waals surface area (Å²) in [6.45, 7) is 1.35. The maximum Gasteiger partial charge on any atom is 0.326 e. The Labute approximate surface area is 207 Å². The highest BCUT2D eigenvalue weighted by Crippen LogP contribution is 2.12. The monoisotopic (exact) mass is 511 g/mol. The molecule has 0 fully saturated rings. The largest absolute Gasteiger partial charge is 0.508 e. The highest BCUT2D eigenvalue weighted by molar-refractivity contribution is 7.98. The van der Waals surface area contributed by atoms with Gasteiger partial charge in [-0.15, -0.1) is 0 Å². The lowest BCUT2D eigenvalue weighted by atomic mass is 10.0. The van der Waals surface area contributed by atoms with E-state index < -0.39 is 53.8 Å². The van der Waals surface area contributed by atoms with Crippen molar-refractivity contribution in [1.29, 1.82) is 0 Å². The molecule has 35 heavy (non-hydrogen) atoms. The van der Waals surface area contributed by atoms with Crippen LogP contribution in [0.25, 0.3) is 0 Å². The van der Waals surface area contributed by atoms with E-state index in [0.717, 1.165) is 0 Å². The molecule has 194 valence electrons. The third-order valence-electron chi connectivity index (χ3n) is 5.02. The number of hydrogen-bond acceptors (Lipinski definition) is 8. The molecule has 1 rings (SSSR count). The summed E-state index contributed by atoms with van der Waals surface area (Å²) in [5.41, 5.74) is 11.6. The number of thioether (sulfide) groups is 1. The van der Waals surface area contributed by atoms with Crippen LogP contribution in [0, 0.1) is 0 Å². The molecule has 13 heteroatoms. The molecule has 0 bridgehead atoms. The van der Waals surface area contributed by atoms with Gasteiger partial charge in [-0.05, 0) is 49.5 Å². The Bertz CT molecular complexity index is 897. The maximum absolute atomic E-state index is 13.0. The van der Waals surface area contributed by atoms with Crippen molar-refractivity contribution >= 4 is 41.4 Å². The standard InChI is InChI=1S/C22H33N5O7S/c1-12(19(30)26-16(22(33)34)7-8-18(24)29)25-21(32)17(11-13-3-5-14(28)6-4-13)27-20(31)15(23)9-10-35-2/h3-6,12,15-17,28H,7-11,23H2,1-2H3,(H2,24,29)(H,25,32)(H,26,30)(H,27,31)(H,33,34). The predicted molar refractivity (Wildman–Crippen MR) is 130 cm³/mol. The number of primary amides is 1. The van der Waals surface area contributed by atoms with Gasteiger partial charge in [0.2, 0.25) is 23.6 Å². The van der Waals surface area contributed by atoms with Crippen molar-refractivity contribution in [3.63, 3.8) is 0 Å². The van der Waals surface area contributed by atoms with Gasteiger partial charge in [-0.1, -0.05) is 12.1 Å². The number of phenols is 1. The minimum Gasteiger partial charge on any atom is -0.508 e. The number of carboxylic acid groups (broad SMARTS) is 1. The van der Waals surface area contributed by atoms with Crippen molar-refractivity contribution in [3.8, 4) is 5.75 Å². The molecule has 0 heterocycles.